The highest BCUT2D eigenvalue weighted by atomic mass is 16.2. The third-order valence-corrected chi connectivity index (χ3v) is 9.31. The molecule has 1 aromatic heterocycles. The number of piperidine rings is 1. The van der Waals surface area contributed by atoms with Crippen LogP contribution in [0.1, 0.15) is 64.3 Å². The lowest BCUT2D eigenvalue weighted by Crippen LogP contribution is -2.61. The number of aromatic amines is 1. The maximum atomic E-state index is 13.9. The summed E-state index contributed by atoms with van der Waals surface area (Å²) in [6, 6.07) is 20.2. The number of nitrogens with one attached hydrogen (secondary N) is 1. The van der Waals surface area contributed by atoms with Crippen molar-refractivity contribution in [2.45, 2.75) is 70.5 Å². The fraction of sp³-hybridized carbons (Fsp3) is 0.452. The van der Waals surface area contributed by atoms with E-state index in [1.165, 1.54) is 28.8 Å². The lowest BCUT2D eigenvalue weighted by molar-refractivity contribution is 0.0238. The van der Waals surface area contributed by atoms with Gasteiger partial charge in [0.25, 0.3) is 5.91 Å². The zero-order valence-electron chi connectivity index (χ0n) is 21.5. The van der Waals surface area contributed by atoms with Crippen LogP contribution < -0.4 is 0 Å². The van der Waals surface area contributed by atoms with Crippen LogP contribution in [0.4, 0.5) is 0 Å². The summed E-state index contributed by atoms with van der Waals surface area (Å²) in [5.74, 6) is 0.725. The Labute approximate surface area is 209 Å². The van der Waals surface area contributed by atoms with Crippen molar-refractivity contribution in [3.63, 3.8) is 0 Å². The van der Waals surface area contributed by atoms with Crippen molar-refractivity contribution in [2.24, 2.45) is 5.92 Å². The number of fused-ring (bicyclic) bond motifs is 2. The third kappa shape index (κ3) is 3.48. The highest BCUT2D eigenvalue weighted by Crippen LogP contribution is 2.54. The van der Waals surface area contributed by atoms with E-state index in [4.69, 9.17) is 0 Å². The van der Waals surface area contributed by atoms with Gasteiger partial charge in [-0.15, -0.1) is 0 Å². The third-order valence-electron chi connectivity index (χ3n) is 9.31. The van der Waals surface area contributed by atoms with Crippen molar-refractivity contribution in [1.29, 1.82) is 0 Å². The van der Waals surface area contributed by atoms with E-state index in [1.807, 2.05) is 23.1 Å². The molecule has 0 unspecified atom stereocenters. The molecule has 2 bridgehead atoms. The number of likely N-dealkylation sites (N-methyl/N-ethyl adjacent to an activating group) is 1. The van der Waals surface area contributed by atoms with E-state index in [0.29, 0.717) is 18.5 Å². The molecule has 0 radical (unpaired) electrons. The molecule has 4 nitrogen and oxygen atoms in total. The molecule has 3 atom stereocenters. The predicted molar refractivity (Wildman–Crippen MR) is 141 cm³/mol. The second kappa shape index (κ2) is 8.37. The molecule has 1 saturated heterocycles. The molecule has 1 N–H and O–H groups in total. The molecular formula is C31H37N3O. The summed E-state index contributed by atoms with van der Waals surface area (Å²) in [5.41, 5.74) is 9.09. The number of carbonyl (C=O) groups is 1. The largest absolute Gasteiger partial charge is 0.354 e. The van der Waals surface area contributed by atoms with Crippen LogP contribution in [0.2, 0.25) is 0 Å². The number of H-pyrrole nitrogens is 1. The maximum Gasteiger partial charge on any atom is 0.271 e. The molecule has 1 aliphatic heterocycles. The molecule has 1 fully saturated rings. The minimum absolute atomic E-state index is 0.122. The number of nitrogens with zero attached hydrogens (tertiary/aromatic N) is 2. The summed E-state index contributed by atoms with van der Waals surface area (Å²) in [4.78, 5) is 22.2. The Bertz CT molecular complexity index is 1260. The second-order valence-corrected chi connectivity index (χ2v) is 11.4. The summed E-state index contributed by atoms with van der Waals surface area (Å²) in [5, 5.41) is 0. The van der Waals surface area contributed by atoms with E-state index in [9.17, 15) is 4.79 Å². The summed E-state index contributed by atoms with van der Waals surface area (Å²) < 4.78 is 0. The van der Waals surface area contributed by atoms with E-state index < -0.39 is 0 Å². The van der Waals surface area contributed by atoms with Crippen LogP contribution in [0.3, 0.4) is 0 Å². The quantitative estimate of drug-likeness (QED) is 0.567. The Kier molecular flexibility index (Phi) is 5.41. The molecule has 1 amide bonds. The summed E-state index contributed by atoms with van der Waals surface area (Å²) in [7, 11) is 2.31. The number of rotatable bonds is 4. The van der Waals surface area contributed by atoms with Crippen molar-refractivity contribution in [3.05, 3.63) is 93.8 Å². The number of amides is 1. The number of hydrogen-bond donors (Lipinski definition) is 1. The first kappa shape index (κ1) is 22.6. The van der Waals surface area contributed by atoms with E-state index >= 15 is 0 Å². The number of benzene rings is 2. The molecule has 6 rings (SSSR count). The van der Waals surface area contributed by atoms with E-state index in [2.05, 4.69) is 74.1 Å². The van der Waals surface area contributed by atoms with E-state index in [0.717, 1.165) is 37.1 Å². The molecule has 2 aliphatic carbocycles. The Morgan fingerprint density at radius 2 is 1.86 bits per heavy atom. The standard InChI is InChI=1S/C31H37N3O/c1-20(2)34(19-22-10-6-5-7-11-22)30(35)29-21(3)24-17-26-28-16-23-12-8-9-13-25(23)31(26,14-15-33(28)4)18-27(24)32-29/h5-13,20,26,28,32H,14-19H2,1-4H3/t26-,28-,31-/m0/s1. The van der Waals surface area contributed by atoms with Crippen molar-refractivity contribution in [3.8, 4) is 0 Å². The SMILES string of the molecule is Cc1c(C(=O)N(Cc2ccccc2)C(C)C)[nH]c2c1C[C@H]1[C@@H]3Cc4ccccc4[C@]1(CCN3C)C2. The average Bonchev–Trinajstić information content (AvgIpc) is 3.18. The summed E-state index contributed by atoms with van der Waals surface area (Å²) in [6.07, 6.45) is 4.41. The first-order valence-corrected chi connectivity index (χ1v) is 13.2. The average molecular weight is 468 g/mol. The smallest absolute Gasteiger partial charge is 0.271 e. The number of likely N-dealkylation sites (tertiary alicyclic amines) is 1. The number of aromatic nitrogens is 1. The monoisotopic (exact) mass is 467 g/mol. The van der Waals surface area contributed by atoms with Gasteiger partial charge in [0.15, 0.2) is 0 Å². The highest BCUT2D eigenvalue weighted by Gasteiger charge is 2.55. The fourth-order valence-electron chi connectivity index (χ4n) is 7.38. The minimum atomic E-state index is 0.122. The molecule has 3 aliphatic rings. The minimum Gasteiger partial charge on any atom is -0.354 e. The molecule has 0 saturated carbocycles. The van der Waals surface area contributed by atoms with Crippen molar-refractivity contribution in [2.75, 3.05) is 13.6 Å². The van der Waals surface area contributed by atoms with Crippen LogP contribution in [-0.4, -0.2) is 46.4 Å². The van der Waals surface area contributed by atoms with Crippen LogP contribution in [0.5, 0.6) is 0 Å². The molecule has 2 heterocycles. The zero-order chi connectivity index (χ0) is 24.3. The molecule has 35 heavy (non-hydrogen) atoms. The Hall–Kier alpha value is -2.85. The van der Waals surface area contributed by atoms with Crippen LogP contribution in [0.15, 0.2) is 54.6 Å². The van der Waals surface area contributed by atoms with Crippen LogP contribution in [-0.2, 0) is 31.2 Å². The number of hydrogen-bond acceptors (Lipinski definition) is 2. The second-order valence-electron chi connectivity index (χ2n) is 11.4. The van der Waals surface area contributed by atoms with E-state index in [-0.39, 0.29) is 17.4 Å². The summed E-state index contributed by atoms with van der Waals surface area (Å²) in [6.45, 7) is 8.17. The van der Waals surface area contributed by atoms with Crippen LogP contribution in [0.25, 0.3) is 0 Å². The van der Waals surface area contributed by atoms with Gasteiger partial charge in [0.05, 0.1) is 0 Å². The molecule has 182 valence electrons. The molecule has 2 aromatic carbocycles. The van der Waals surface area contributed by atoms with Gasteiger partial charge in [-0.1, -0.05) is 54.6 Å². The summed E-state index contributed by atoms with van der Waals surface area (Å²) >= 11 is 0. The Morgan fingerprint density at radius 3 is 2.63 bits per heavy atom. The fourth-order valence-corrected chi connectivity index (χ4v) is 7.38. The normalized spacial score (nSPS) is 25.1. The molecular weight excluding hydrogens is 430 g/mol. The van der Waals surface area contributed by atoms with Gasteiger partial charge in [-0.05, 0) is 93.8 Å². The molecule has 0 spiro atoms. The van der Waals surface area contributed by atoms with Gasteiger partial charge in [-0.3, -0.25) is 4.79 Å². The van der Waals surface area contributed by atoms with Gasteiger partial charge in [0, 0.05) is 29.7 Å². The van der Waals surface area contributed by atoms with Crippen LogP contribution in [0, 0.1) is 12.8 Å². The lowest BCUT2D eigenvalue weighted by atomic mass is 9.52. The topological polar surface area (TPSA) is 39.3 Å². The van der Waals surface area contributed by atoms with E-state index in [1.54, 1.807) is 5.56 Å². The van der Waals surface area contributed by atoms with Crippen molar-refractivity contribution < 1.29 is 4.79 Å². The predicted octanol–water partition coefficient (Wildman–Crippen LogP) is 5.29. The van der Waals surface area contributed by atoms with Gasteiger partial charge in [-0.25, -0.2) is 0 Å². The lowest BCUT2D eigenvalue weighted by Gasteiger charge is -2.58. The molecule has 3 aromatic rings. The first-order chi connectivity index (χ1) is 16.9. The first-order valence-electron chi connectivity index (χ1n) is 13.2. The Balaban J connectivity index is 1.38. The highest BCUT2D eigenvalue weighted by molar-refractivity contribution is 5.94. The Morgan fingerprint density at radius 1 is 1.11 bits per heavy atom. The van der Waals surface area contributed by atoms with Gasteiger partial charge < -0.3 is 14.8 Å². The zero-order valence-corrected chi connectivity index (χ0v) is 21.5. The van der Waals surface area contributed by atoms with Gasteiger partial charge in [0.1, 0.15) is 5.69 Å². The maximum absolute atomic E-state index is 13.9. The van der Waals surface area contributed by atoms with Crippen molar-refractivity contribution in [1.82, 2.24) is 14.8 Å². The number of carbonyl (C=O) groups excluding carboxylic acids is 1. The van der Waals surface area contributed by atoms with Gasteiger partial charge in [-0.2, -0.15) is 0 Å². The van der Waals surface area contributed by atoms with Gasteiger partial charge in [0.2, 0.25) is 0 Å². The van der Waals surface area contributed by atoms with Crippen LogP contribution >= 0.6 is 0 Å². The molecule has 4 heteroatoms. The van der Waals surface area contributed by atoms with Gasteiger partial charge >= 0.3 is 0 Å². The van der Waals surface area contributed by atoms with Crippen molar-refractivity contribution >= 4 is 5.91 Å².